The van der Waals surface area contributed by atoms with E-state index in [1.807, 2.05) is 0 Å². The first-order valence-corrected chi connectivity index (χ1v) is 3.69. The van der Waals surface area contributed by atoms with Gasteiger partial charge in [0.1, 0.15) is 5.60 Å². The zero-order valence-electron chi connectivity index (χ0n) is 7.46. The Balaban J connectivity index is 4.10. The van der Waals surface area contributed by atoms with Crippen LogP contribution in [0.1, 0.15) is 20.3 Å². The number of ether oxygens (including phenoxy) is 1. The van der Waals surface area contributed by atoms with Gasteiger partial charge in [0.25, 0.3) is 0 Å². The zero-order valence-corrected chi connectivity index (χ0v) is 7.46. The molecule has 0 atom stereocenters. The van der Waals surface area contributed by atoms with E-state index < -0.39 is 5.60 Å². The van der Waals surface area contributed by atoms with Gasteiger partial charge in [0.2, 0.25) is 0 Å². The summed E-state index contributed by atoms with van der Waals surface area (Å²) in [7, 11) is 0. The second kappa shape index (κ2) is 4.68. The maximum Gasteiger partial charge on any atom is 0.178 e. The molecule has 0 N–H and O–H groups in total. The number of carbonyl (C=O) groups is 1. The van der Waals surface area contributed by atoms with E-state index in [2.05, 4.69) is 6.58 Å². The average molecular weight is 167 g/mol. The summed E-state index contributed by atoms with van der Waals surface area (Å²) < 4.78 is 5.17. The van der Waals surface area contributed by atoms with Crippen molar-refractivity contribution in [2.24, 2.45) is 0 Å². The average Bonchev–Trinajstić information content (AvgIpc) is 2.01. The van der Waals surface area contributed by atoms with Crippen LogP contribution in [0.4, 0.5) is 0 Å². The molecular weight excluding hydrogens is 154 g/mol. The lowest BCUT2D eigenvalue weighted by atomic mass is 10.0. The van der Waals surface area contributed by atoms with E-state index in [1.54, 1.807) is 26.0 Å². The van der Waals surface area contributed by atoms with Crippen LogP contribution >= 0.6 is 0 Å². The summed E-state index contributed by atoms with van der Waals surface area (Å²) >= 11 is 0. The van der Waals surface area contributed by atoms with Gasteiger partial charge >= 0.3 is 0 Å². The van der Waals surface area contributed by atoms with E-state index in [9.17, 15) is 4.79 Å². The maximum atomic E-state index is 11.2. The lowest BCUT2D eigenvalue weighted by Gasteiger charge is -2.21. The predicted molar refractivity (Wildman–Crippen MR) is 45.5 cm³/mol. The predicted octanol–water partition coefficient (Wildman–Crippen LogP) is 1.45. The summed E-state index contributed by atoms with van der Waals surface area (Å²) in [5.74, 6) is -0.202. The molecule has 66 valence electrons. The molecule has 0 heterocycles. The van der Waals surface area contributed by atoms with E-state index in [4.69, 9.17) is 10.00 Å². The highest BCUT2D eigenvalue weighted by Crippen LogP contribution is 2.12. The molecule has 0 aromatic carbocycles. The number of nitrogens with zero attached hydrogens (tertiary/aromatic N) is 1. The van der Waals surface area contributed by atoms with Crippen molar-refractivity contribution in [3.05, 3.63) is 12.7 Å². The Morgan fingerprint density at radius 2 is 2.33 bits per heavy atom. The number of Topliss-reactive ketones (excluding diaryl/α,β-unsaturated/α-hetero) is 1. The number of hydrogen-bond acceptors (Lipinski definition) is 3. The fourth-order valence-corrected chi connectivity index (χ4v) is 0.632. The maximum absolute atomic E-state index is 11.2. The van der Waals surface area contributed by atoms with Crippen molar-refractivity contribution in [1.82, 2.24) is 0 Å². The van der Waals surface area contributed by atoms with Crippen molar-refractivity contribution in [2.75, 3.05) is 6.61 Å². The third kappa shape index (κ3) is 3.31. The second-order valence-corrected chi connectivity index (χ2v) is 2.87. The van der Waals surface area contributed by atoms with Crippen molar-refractivity contribution in [3.8, 4) is 6.07 Å². The van der Waals surface area contributed by atoms with Crippen LogP contribution in [0.2, 0.25) is 0 Å². The molecular formula is C9H13NO2. The smallest absolute Gasteiger partial charge is 0.178 e. The Labute approximate surface area is 72.6 Å². The highest BCUT2D eigenvalue weighted by molar-refractivity contribution is 5.88. The quantitative estimate of drug-likeness (QED) is 0.582. The molecule has 3 nitrogen and oxygen atoms in total. The Bertz CT molecular complexity index is 213. The molecule has 0 radical (unpaired) electrons. The van der Waals surface area contributed by atoms with Crippen LogP contribution in [-0.4, -0.2) is 18.0 Å². The van der Waals surface area contributed by atoms with Gasteiger partial charge in [0, 0.05) is 0 Å². The Hall–Kier alpha value is -1.14. The highest BCUT2D eigenvalue weighted by Gasteiger charge is 2.26. The van der Waals surface area contributed by atoms with Crippen LogP contribution in [0.25, 0.3) is 0 Å². The Morgan fingerprint density at radius 1 is 1.75 bits per heavy atom. The zero-order chi connectivity index (χ0) is 9.61. The van der Waals surface area contributed by atoms with Crippen LogP contribution < -0.4 is 0 Å². The molecule has 0 aromatic heterocycles. The van der Waals surface area contributed by atoms with Gasteiger partial charge in [-0.05, 0) is 13.8 Å². The second-order valence-electron chi connectivity index (χ2n) is 2.87. The van der Waals surface area contributed by atoms with Gasteiger partial charge in [0.05, 0.1) is 19.1 Å². The molecule has 0 aromatic rings. The van der Waals surface area contributed by atoms with Crippen molar-refractivity contribution in [3.63, 3.8) is 0 Å². The van der Waals surface area contributed by atoms with Crippen molar-refractivity contribution in [2.45, 2.75) is 25.9 Å². The molecule has 0 amide bonds. The molecule has 0 aliphatic heterocycles. The summed E-state index contributed by atoms with van der Waals surface area (Å²) in [6, 6.07) is 1.79. The molecule has 0 rings (SSSR count). The van der Waals surface area contributed by atoms with Crippen LogP contribution in [0, 0.1) is 11.3 Å². The Morgan fingerprint density at radius 3 is 2.75 bits per heavy atom. The number of carbonyl (C=O) groups excluding carboxylic acids is 1. The van der Waals surface area contributed by atoms with Gasteiger partial charge in [-0.1, -0.05) is 6.08 Å². The molecule has 0 saturated heterocycles. The molecule has 0 bridgehead atoms. The van der Waals surface area contributed by atoms with E-state index in [-0.39, 0.29) is 12.2 Å². The van der Waals surface area contributed by atoms with E-state index >= 15 is 0 Å². The number of hydrogen-bond donors (Lipinski definition) is 0. The van der Waals surface area contributed by atoms with Crippen LogP contribution in [0.3, 0.4) is 0 Å². The molecule has 0 fully saturated rings. The first kappa shape index (κ1) is 10.9. The minimum Gasteiger partial charge on any atom is -0.364 e. The lowest BCUT2D eigenvalue weighted by Crippen LogP contribution is -2.34. The monoisotopic (exact) mass is 167 g/mol. The van der Waals surface area contributed by atoms with Gasteiger partial charge in [-0.25, -0.2) is 0 Å². The minimum absolute atomic E-state index is 0.107. The minimum atomic E-state index is -0.871. The molecule has 0 saturated carbocycles. The van der Waals surface area contributed by atoms with E-state index in [0.29, 0.717) is 6.61 Å². The Kier molecular flexibility index (Phi) is 4.24. The molecule has 0 spiro atoms. The van der Waals surface area contributed by atoms with Crippen LogP contribution in [-0.2, 0) is 9.53 Å². The van der Waals surface area contributed by atoms with Gasteiger partial charge < -0.3 is 4.74 Å². The summed E-state index contributed by atoms with van der Waals surface area (Å²) in [6.45, 7) is 7.09. The van der Waals surface area contributed by atoms with E-state index in [0.717, 1.165) is 0 Å². The van der Waals surface area contributed by atoms with Crippen LogP contribution in [0.5, 0.6) is 0 Å². The summed E-state index contributed by atoms with van der Waals surface area (Å²) in [4.78, 5) is 11.2. The summed E-state index contributed by atoms with van der Waals surface area (Å²) in [6.07, 6.45) is 1.46. The lowest BCUT2D eigenvalue weighted by molar-refractivity contribution is -0.137. The highest BCUT2D eigenvalue weighted by atomic mass is 16.5. The molecule has 0 aliphatic rings. The third-order valence-electron chi connectivity index (χ3n) is 1.47. The molecule has 0 unspecified atom stereocenters. The third-order valence-corrected chi connectivity index (χ3v) is 1.47. The standard InChI is InChI=1S/C9H13NO2/c1-4-7-12-9(2,3)8(11)5-6-10/h4H,1,5,7H2,2-3H3. The SMILES string of the molecule is C=CCOC(C)(C)C(=O)CC#N. The summed E-state index contributed by atoms with van der Waals surface area (Å²) in [5.41, 5.74) is -0.871. The van der Waals surface area contributed by atoms with Gasteiger partial charge in [-0.2, -0.15) is 5.26 Å². The molecule has 0 aliphatic carbocycles. The van der Waals surface area contributed by atoms with Crippen molar-refractivity contribution >= 4 is 5.78 Å². The van der Waals surface area contributed by atoms with Crippen molar-refractivity contribution < 1.29 is 9.53 Å². The molecule has 12 heavy (non-hydrogen) atoms. The van der Waals surface area contributed by atoms with Gasteiger partial charge in [0.15, 0.2) is 5.78 Å². The molecule has 3 heteroatoms. The van der Waals surface area contributed by atoms with Gasteiger partial charge in [-0.15, -0.1) is 6.58 Å². The largest absolute Gasteiger partial charge is 0.364 e. The normalized spacial score (nSPS) is 10.4. The number of ketones is 1. The number of nitriles is 1. The van der Waals surface area contributed by atoms with E-state index in [1.165, 1.54) is 0 Å². The number of rotatable bonds is 5. The summed E-state index contributed by atoms with van der Waals surface area (Å²) in [5, 5.41) is 8.28. The fraction of sp³-hybridized carbons (Fsp3) is 0.556. The fourth-order valence-electron chi connectivity index (χ4n) is 0.632. The van der Waals surface area contributed by atoms with Gasteiger partial charge in [-0.3, -0.25) is 4.79 Å². The van der Waals surface area contributed by atoms with Crippen molar-refractivity contribution in [1.29, 1.82) is 5.26 Å². The topological polar surface area (TPSA) is 50.1 Å². The first-order chi connectivity index (χ1) is 5.54. The first-order valence-electron chi connectivity index (χ1n) is 3.69. The van der Waals surface area contributed by atoms with Crippen LogP contribution in [0.15, 0.2) is 12.7 Å².